The van der Waals surface area contributed by atoms with Gasteiger partial charge in [-0.2, -0.15) is 0 Å². The van der Waals surface area contributed by atoms with Gasteiger partial charge in [0, 0.05) is 19.6 Å². The first kappa shape index (κ1) is 9.00. The van der Waals surface area contributed by atoms with E-state index in [9.17, 15) is 4.79 Å². The smallest absolute Gasteiger partial charge is 0.230 e. The van der Waals surface area contributed by atoms with Gasteiger partial charge in [-0.3, -0.25) is 4.79 Å². The van der Waals surface area contributed by atoms with Gasteiger partial charge < -0.3 is 10.2 Å². The SMILES string of the molecule is CCN1CCC2(CCCNC2)C1=O. The fourth-order valence-corrected chi connectivity index (χ4v) is 2.56. The van der Waals surface area contributed by atoms with Crippen LogP contribution in [0.2, 0.25) is 0 Å². The number of hydrogen-bond acceptors (Lipinski definition) is 2. The molecule has 2 saturated heterocycles. The molecule has 1 N–H and O–H groups in total. The second kappa shape index (κ2) is 3.29. The molecule has 2 aliphatic rings. The van der Waals surface area contributed by atoms with Crippen LogP contribution in [0.5, 0.6) is 0 Å². The van der Waals surface area contributed by atoms with Gasteiger partial charge >= 0.3 is 0 Å². The fraction of sp³-hybridized carbons (Fsp3) is 0.900. The lowest BCUT2D eigenvalue weighted by Crippen LogP contribution is -2.45. The molecule has 0 aliphatic carbocycles. The molecule has 74 valence electrons. The average Bonchev–Trinajstić information content (AvgIpc) is 2.47. The van der Waals surface area contributed by atoms with E-state index in [0.29, 0.717) is 5.91 Å². The Morgan fingerprint density at radius 2 is 2.38 bits per heavy atom. The first-order valence-corrected chi connectivity index (χ1v) is 5.29. The van der Waals surface area contributed by atoms with E-state index in [1.807, 2.05) is 4.90 Å². The summed E-state index contributed by atoms with van der Waals surface area (Å²) in [4.78, 5) is 14.0. The largest absolute Gasteiger partial charge is 0.342 e. The van der Waals surface area contributed by atoms with E-state index >= 15 is 0 Å². The number of nitrogens with zero attached hydrogens (tertiary/aromatic N) is 1. The van der Waals surface area contributed by atoms with E-state index in [1.165, 1.54) is 0 Å². The Balaban J connectivity index is 2.10. The maximum atomic E-state index is 12.0. The predicted octanol–water partition coefficient (Wildman–Crippen LogP) is 0.608. The Labute approximate surface area is 79.5 Å². The Bertz CT molecular complexity index is 209. The molecule has 0 saturated carbocycles. The fourth-order valence-electron chi connectivity index (χ4n) is 2.56. The summed E-state index contributed by atoms with van der Waals surface area (Å²) >= 11 is 0. The van der Waals surface area contributed by atoms with Crippen LogP contribution in [0.3, 0.4) is 0 Å². The molecule has 13 heavy (non-hydrogen) atoms. The molecule has 0 aromatic heterocycles. The van der Waals surface area contributed by atoms with Crippen molar-refractivity contribution in [2.45, 2.75) is 26.2 Å². The molecule has 2 heterocycles. The first-order chi connectivity index (χ1) is 6.28. The number of carbonyl (C=O) groups is 1. The highest BCUT2D eigenvalue weighted by Crippen LogP contribution is 2.37. The molecule has 0 aromatic carbocycles. The second-order valence-corrected chi connectivity index (χ2v) is 4.20. The molecule has 3 heteroatoms. The van der Waals surface area contributed by atoms with Gasteiger partial charge in [0.2, 0.25) is 5.91 Å². The monoisotopic (exact) mass is 182 g/mol. The number of rotatable bonds is 1. The molecule has 2 fully saturated rings. The van der Waals surface area contributed by atoms with Crippen LogP contribution < -0.4 is 5.32 Å². The van der Waals surface area contributed by atoms with Gasteiger partial charge in [-0.25, -0.2) is 0 Å². The third-order valence-electron chi connectivity index (χ3n) is 3.46. The minimum atomic E-state index is -0.0196. The van der Waals surface area contributed by atoms with Gasteiger partial charge in [-0.05, 0) is 32.7 Å². The summed E-state index contributed by atoms with van der Waals surface area (Å²) in [5.74, 6) is 0.391. The van der Waals surface area contributed by atoms with E-state index < -0.39 is 0 Å². The Morgan fingerprint density at radius 3 is 2.92 bits per heavy atom. The molecular weight excluding hydrogens is 164 g/mol. The zero-order valence-corrected chi connectivity index (χ0v) is 8.31. The molecule has 0 bridgehead atoms. The Hall–Kier alpha value is -0.570. The van der Waals surface area contributed by atoms with Gasteiger partial charge in [-0.1, -0.05) is 0 Å². The van der Waals surface area contributed by atoms with Crippen LogP contribution in [0, 0.1) is 5.41 Å². The quantitative estimate of drug-likeness (QED) is 0.644. The van der Waals surface area contributed by atoms with Crippen LogP contribution in [-0.2, 0) is 4.79 Å². The molecule has 0 radical (unpaired) electrons. The molecular formula is C10H18N2O. The van der Waals surface area contributed by atoms with Crippen molar-refractivity contribution in [3.05, 3.63) is 0 Å². The lowest BCUT2D eigenvalue weighted by Gasteiger charge is -2.31. The summed E-state index contributed by atoms with van der Waals surface area (Å²) in [5, 5.41) is 3.35. The Kier molecular flexibility index (Phi) is 2.28. The molecule has 2 aliphatic heterocycles. The minimum Gasteiger partial charge on any atom is -0.342 e. The highest BCUT2D eigenvalue weighted by atomic mass is 16.2. The van der Waals surface area contributed by atoms with Gasteiger partial charge in [0.25, 0.3) is 0 Å². The molecule has 1 amide bonds. The average molecular weight is 182 g/mol. The number of hydrogen-bond donors (Lipinski definition) is 1. The van der Waals surface area contributed by atoms with Gasteiger partial charge in [0.05, 0.1) is 5.41 Å². The van der Waals surface area contributed by atoms with E-state index in [-0.39, 0.29) is 5.41 Å². The molecule has 1 spiro atoms. The molecule has 2 rings (SSSR count). The van der Waals surface area contributed by atoms with Crippen LogP contribution in [0.1, 0.15) is 26.2 Å². The zero-order chi connectivity index (χ0) is 9.31. The lowest BCUT2D eigenvalue weighted by molar-refractivity contribution is -0.136. The van der Waals surface area contributed by atoms with Gasteiger partial charge in [0.15, 0.2) is 0 Å². The van der Waals surface area contributed by atoms with Crippen molar-refractivity contribution in [1.29, 1.82) is 0 Å². The van der Waals surface area contributed by atoms with Crippen LogP contribution in [0.4, 0.5) is 0 Å². The van der Waals surface area contributed by atoms with Gasteiger partial charge in [0.1, 0.15) is 0 Å². The lowest BCUT2D eigenvalue weighted by atomic mass is 9.79. The summed E-state index contributed by atoms with van der Waals surface area (Å²) in [6.07, 6.45) is 3.31. The van der Waals surface area contributed by atoms with Crippen LogP contribution in [0.25, 0.3) is 0 Å². The van der Waals surface area contributed by atoms with E-state index in [4.69, 9.17) is 0 Å². The van der Waals surface area contributed by atoms with Crippen LogP contribution in [-0.4, -0.2) is 37.0 Å². The summed E-state index contributed by atoms with van der Waals surface area (Å²) in [6.45, 7) is 5.90. The third kappa shape index (κ3) is 1.35. The zero-order valence-electron chi connectivity index (χ0n) is 8.31. The minimum absolute atomic E-state index is 0.0196. The summed E-state index contributed by atoms with van der Waals surface area (Å²) in [7, 11) is 0. The maximum absolute atomic E-state index is 12.0. The van der Waals surface area contributed by atoms with Crippen molar-refractivity contribution in [3.8, 4) is 0 Å². The highest BCUT2D eigenvalue weighted by molar-refractivity contribution is 5.85. The van der Waals surface area contributed by atoms with Crippen molar-refractivity contribution in [2.75, 3.05) is 26.2 Å². The normalized spacial score (nSPS) is 34.5. The number of carbonyl (C=O) groups excluding carboxylic acids is 1. The number of piperidine rings is 1. The Morgan fingerprint density at radius 1 is 1.54 bits per heavy atom. The summed E-state index contributed by atoms with van der Waals surface area (Å²) < 4.78 is 0. The van der Waals surface area contributed by atoms with Crippen LogP contribution in [0.15, 0.2) is 0 Å². The van der Waals surface area contributed by atoms with E-state index in [1.54, 1.807) is 0 Å². The molecule has 1 atom stereocenters. The van der Waals surface area contributed by atoms with Gasteiger partial charge in [-0.15, -0.1) is 0 Å². The van der Waals surface area contributed by atoms with Crippen molar-refractivity contribution >= 4 is 5.91 Å². The second-order valence-electron chi connectivity index (χ2n) is 4.20. The van der Waals surface area contributed by atoms with Crippen molar-refractivity contribution < 1.29 is 4.79 Å². The van der Waals surface area contributed by atoms with E-state index in [0.717, 1.165) is 45.4 Å². The predicted molar refractivity (Wildman–Crippen MR) is 51.4 cm³/mol. The molecule has 1 unspecified atom stereocenters. The number of likely N-dealkylation sites (tertiary alicyclic amines) is 1. The molecule has 3 nitrogen and oxygen atoms in total. The number of amides is 1. The van der Waals surface area contributed by atoms with Crippen LogP contribution >= 0.6 is 0 Å². The maximum Gasteiger partial charge on any atom is 0.230 e. The van der Waals surface area contributed by atoms with Crippen molar-refractivity contribution in [2.24, 2.45) is 5.41 Å². The van der Waals surface area contributed by atoms with Crippen molar-refractivity contribution in [1.82, 2.24) is 10.2 Å². The standard InChI is InChI=1S/C10H18N2O/c1-2-12-7-5-10(9(12)13)4-3-6-11-8-10/h11H,2-8H2,1H3. The first-order valence-electron chi connectivity index (χ1n) is 5.29. The number of nitrogens with one attached hydrogen (secondary N) is 1. The summed E-state index contributed by atoms with van der Waals surface area (Å²) in [6, 6.07) is 0. The third-order valence-corrected chi connectivity index (χ3v) is 3.46. The topological polar surface area (TPSA) is 32.3 Å². The van der Waals surface area contributed by atoms with Crippen molar-refractivity contribution in [3.63, 3.8) is 0 Å². The molecule has 0 aromatic rings. The van der Waals surface area contributed by atoms with E-state index in [2.05, 4.69) is 12.2 Å². The highest BCUT2D eigenvalue weighted by Gasteiger charge is 2.46. The summed E-state index contributed by atoms with van der Waals surface area (Å²) in [5.41, 5.74) is -0.0196.